The average molecular weight is 599 g/mol. The lowest BCUT2D eigenvalue weighted by Crippen LogP contribution is -2.37. The summed E-state index contributed by atoms with van der Waals surface area (Å²) in [5.74, 6) is 0.0757. The number of benzene rings is 2. The van der Waals surface area contributed by atoms with Crippen LogP contribution in [0.3, 0.4) is 0 Å². The fraction of sp³-hybridized carbons (Fsp3) is 0.500. The predicted octanol–water partition coefficient (Wildman–Crippen LogP) is 7.15. The molecule has 8 nitrogen and oxygen atoms in total. The second-order valence-corrected chi connectivity index (χ2v) is 11.4. The van der Waals surface area contributed by atoms with E-state index in [0.29, 0.717) is 29.5 Å². The summed E-state index contributed by atoms with van der Waals surface area (Å²) in [6.07, 6.45) is -9.41. The van der Waals surface area contributed by atoms with Gasteiger partial charge in [0.05, 0.1) is 29.9 Å². The van der Waals surface area contributed by atoms with Crippen LogP contribution in [0.25, 0.3) is 0 Å². The van der Waals surface area contributed by atoms with Gasteiger partial charge in [0.25, 0.3) is 5.95 Å². The zero-order valence-corrected chi connectivity index (χ0v) is 24.1. The maximum atomic E-state index is 14.0. The normalized spacial score (nSPS) is 16.2. The lowest BCUT2D eigenvalue weighted by molar-refractivity contribution is -0.138. The molecule has 0 saturated carbocycles. The van der Waals surface area contributed by atoms with Gasteiger partial charge < -0.3 is 9.64 Å². The van der Waals surface area contributed by atoms with E-state index in [0.717, 1.165) is 18.2 Å². The van der Waals surface area contributed by atoms with Crippen LogP contribution in [0.5, 0.6) is 0 Å². The van der Waals surface area contributed by atoms with Crippen LogP contribution < -0.4 is 9.80 Å². The van der Waals surface area contributed by atoms with Crippen LogP contribution in [0.15, 0.2) is 30.3 Å². The molecule has 1 aliphatic rings. The van der Waals surface area contributed by atoms with Crippen molar-refractivity contribution in [2.45, 2.75) is 78.0 Å². The molecule has 0 N–H and O–H groups in total. The number of fused-ring (bicyclic) bond motifs is 1. The number of rotatable bonds is 4. The number of aryl methyl sites for hydroxylation is 3. The number of hydrogen-bond acceptors (Lipinski definition) is 6. The molecule has 1 atom stereocenters. The van der Waals surface area contributed by atoms with Crippen molar-refractivity contribution in [3.05, 3.63) is 63.7 Å². The van der Waals surface area contributed by atoms with Gasteiger partial charge in [-0.1, -0.05) is 22.8 Å². The Labute approximate surface area is 239 Å². The van der Waals surface area contributed by atoms with Crippen molar-refractivity contribution in [2.24, 2.45) is 7.05 Å². The van der Waals surface area contributed by atoms with Gasteiger partial charge in [-0.3, -0.25) is 4.90 Å². The van der Waals surface area contributed by atoms with Gasteiger partial charge in [-0.25, -0.2) is 4.79 Å². The van der Waals surface area contributed by atoms with Crippen LogP contribution in [0, 0.1) is 13.8 Å². The molecule has 2 aromatic carbocycles. The average Bonchev–Trinajstić information content (AvgIpc) is 3.17. The fourth-order valence-electron chi connectivity index (χ4n) is 5.10. The lowest BCUT2D eigenvalue weighted by Gasteiger charge is -2.33. The molecule has 228 valence electrons. The molecular formula is C28H32F6N6O2. The van der Waals surface area contributed by atoms with Crippen molar-refractivity contribution >= 4 is 17.7 Å². The topological polar surface area (TPSA) is 76.4 Å². The monoisotopic (exact) mass is 598 g/mol. The molecule has 0 fully saturated rings. The Kier molecular flexibility index (Phi) is 8.22. The first kappa shape index (κ1) is 31.1. The number of hydrogen-bond donors (Lipinski definition) is 0. The van der Waals surface area contributed by atoms with Crippen molar-refractivity contribution in [1.82, 2.24) is 20.2 Å². The Morgan fingerprint density at radius 2 is 1.71 bits per heavy atom. The highest BCUT2D eigenvalue weighted by molar-refractivity contribution is 5.90. The third kappa shape index (κ3) is 6.96. The molecule has 42 heavy (non-hydrogen) atoms. The van der Waals surface area contributed by atoms with Gasteiger partial charge >= 0.3 is 18.4 Å². The summed E-state index contributed by atoms with van der Waals surface area (Å²) in [7, 11) is 1.52. The van der Waals surface area contributed by atoms with Gasteiger partial charge in [-0.2, -0.15) is 31.1 Å². The summed E-state index contributed by atoms with van der Waals surface area (Å²) < 4.78 is 88.6. The molecule has 0 unspecified atom stereocenters. The molecule has 0 aliphatic carbocycles. The molecule has 0 saturated heterocycles. The standard InChI is InChI=1S/C28H32F6N6O2/c1-16-10-18(13-19(11-16)27(29,30)31)15-40(24-35-37-38(6)36-24)22-8-7-9-39(25(41)42-26(3,4)5)23-14-21(28(32,33)34)17(2)12-20(22)23/h10-14,22H,7-9,15H2,1-6H3/t22-/m0/s1. The first-order valence-corrected chi connectivity index (χ1v) is 13.2. The largest absolute Gasteiger partial charge is 0.443 e. The van der Waals surface area contributed by atoms with Crippen molar-refractivity contribution in [3.8, 4) is 0 Å². The summed E-state index contributed by atoms with van der Waals surface area (Å²) in [5.41, 5.74) is -1.67. The molecule has 1 aromatic heterocycles. The van der Waals surface area contributed by atoms with Gasteiger partial charge in [-0.15, -0.1) is 5.10 Å². The van der Waals surface area contributed by atoms with E-state index in [4.69, 9.17) is 4.74 Å². The van der Waals surface area contributed by atoms with Crippen LogP contribution in [-0.4, -0.2) is 38.4 Å². The number of nitrogens with zero attached hydrogens (tertiary/aromatic N) is 6. The van der Waals surface area contributed by atoms with Crippen molar-refractivity contribution in [3.63, 3.8) is 0 Å². The highest BCUT2D eigenvalue weighted by Crippen LogP contribution is 2.44. The Morgan fingerprint density at radius 3 is 2.29 bits per heavy atom. The number of carbonyl (C=O) groups is 1. The molecule has 0 bridgehead atoms. The molecule has 1 aliphatic heterocycles. The van der Waals surface area contributed by atoms with Gasteiger partial charge in [0.1, 0.15) is 5.60 Å². The molecule has 14 heteroatoms. The van der Waals surface area contributed by atoms with Gasteiger partial charge in [0, 0.05) is 13.1 Å². The highest BCUT2D eigenvalue weighted by Gasteiger charge is 2.39. The molecule has 4 rings (SSSR count). The van der Waals surface area contributed by atoms with Crippen molar-refractivity contribution in [2.75, 3.05) is 16.3 Å². The molecule has 0 spiro atoms. The second kappa shape index (κ2) is 11.1. The maximum Gasteiger partial charge on any atom is 0.416 e. The Morgan fingerprint density at radius 1 is 1.02 bits per heavy atom. The first-order chi connectivity index (χ1) is 19.3. The van der Waals surface area contributed by atoms with E-state index in [1.807, 2.05) is 0 Å². The predicted molar refractivity (Wildman–Crippen MR) is 143 cm³/mol. The van der Waals surface area contributed by atoms with E-state index in [9.17, 15) is 31.1 Å². The number of alkyl halides is 6. The summed E-state index contributed by atoms with van der Waals surface area (Å²) >= 11 is 0. The number of tetrazole rings is 1. The number of amides is 1. The van der Waals surface area contributed by atoms with Gasteiger partial charge in [0.15, 0.2) is 0 Å². The van der Waals surface area contributed by atoms with Crippen molar-refractivity contribution < 1.29 is 35.9 Å². The highest BCUT2D eigenvalue weighted by atomic mass is 19.4. The molecular weight excluding hydrogens is 566 g/mol. The summed E-state index contributed by atoms with van der Waals surface area (Å²) in [4.78, 5) is 17.2. The zero-order chi connectivity index (χ0) is 31.2. The Bertz CT molecular complexity index is 1460. The number of aromatic nitrogens is 4. The van der Waals surface area contributed by atoms with E-state index < -0.39 is 41.2 Å². The molecule has 1 amide bonds. The quantitative estimate of drug-likeness (QED) is 0.297. The van der Waals surface area contributed by atoms with E-state index in [2.05, 4.69) is 15.4 Å². The van der Waals surface area contributed by atoms with Gasteiger partial charge in [0.2, 0.25) is 0 Å². The lowest BCUT2D eigenvalue weighted by atomic mass is 9.94. The van der Waals surface area contributed by atoms with Crippen LogP contribution in [-0.2, 0) is 30.7 Å². The Balaban J connectivity index is 1.89. The third-order valence-electron chi connectivity index (χ3n) is 6.75. The maximum absolute atomic E-state index is 14.0. The number of carbonyl (C=O) groups excluding carboxylic acids is 1. The number of halogens is 6. The van der Waals surface area contributed by atoms with E-state index >= 15 is 0 Å². The van der Waals surface area contributed by atoms with Crippen LogP contribution >= 0.6 is 0 Å². The molecule has 2 heterocycles. The van der Waals surface area contributed by atoms with E-state index in [-0.39, 0.29) is 30.3 Å². The van der Waals surface area contributed by atoms with Gasteiger partial charge in [-0.05, 0) is 87.6 Å². The summed E-state index contributed by atoms with van der Waals surface area (Å²) in [5, 5.41) is 12.2. The number of ether oxygens (including phenoxy) is 1. The summed E-state index contributed by atoms with van der Waals surface area (Å²) in [6.45, 7) is 7.79. The van der Waals surface area contributed by atoms with E-state index in [1.165, 1.54) is 29.7 Å². The molecule has 0 radical (unpaired) electrons. The van der Waals surface area contributed by atoms with Crippen molar-refractivity contribution in [1.29, 1.82) is 0 Å². The Hall–Kier alpha value is -3.84. The van der Waals surface area contributed by atoms with Crippen LogP contribution in [0.4, 0.5) is 42.8 Å². The fourth-order valence-corrected chi connectivity index (χ4v) is 5.10. The van der Waals surface area contributed by atoms with Crippen LogP contribution in [0.1, 0.15) is 73.0 Å². The molecule has 3 aromatic rings. The second-order valence-electron chi connectivity index (χ2n) is 11.4. The smallest absolute Gasteiger partial charge is 0.416 e. The minimum Gasteiger partial charge on any atom is -0.443 e. The minimum atomic E-state index is -4.69. The first-order valence-electron chi connectivity index (χ1n) is 13.2. The number of anilines is 2. The van der Waals surface area contributed by atoms with Crippen LogP contribution in [0.2, 0.25) is 0 Å². The zero-order valence-electron chi connectivity index (χ0n) is 24.1. The minimum absolute atomic E-state index is 0.00112. The summed E-state index contributed by atoms with van der Waals surface area (Å²) in [6, 6.07) is 5.25. The third-order valence-corrected chi connectivity index (χ3v) is 6.75. The SMILES string of the molecule is Cc1cc(CN(c2nnn(C)n2)[C@H]2CCCN(C(=O)OC(C)(C)C)c3cc(C(F)(F)F)c(C)cc32)cc(C(F)(F)F)c1. The van der Waals surface area contributed by atoms with E-state index in [1.54, 1.807) is 38.7 Å².